The number of aliphatic hydroxyl groups excluding tert-OH is 1. The standard InChI is InChI=1S/C13H17N3O2/c14-4-3-10-7-11(1-2-13(10)15)16-5-6-18-12(8-16)9-17/h1-2,7,12,17H,3,5-6,8-9,15H2. The van der Waals surface area contributed by atoms with Crippen molar-refractivity contribution in [1.29, 1.82) is 5.26 Å². The summed E-state index contributed by atoms with van der Waals surface area (Å²) in [5.74, 6) is 0. The molecule has 1 heterocycles. The van der Waals surface area contributed by atoms with Gasteiger partial charge in [0.05, 0.1) is 31.8 Å². The van der Waals surface area contributed by atoms with Crippen molar-refractivity contribution in [2.45, 2.75) is 12.5 Å². The van der Waals surface area contributed by atoms with E-state index in [4.69, 9.17) is 20.8 Å². The van der Waals surface area contributed by atoms with Crippen molar-refractivity contribution in [3.8, 4) is 6.07 Å². The van der Waals surface area contributed by atoms with E-state index in [1.165, 1.54) is 0 Å². The lowest BCUT2D eigenvalue weighted by Crippen LogP contribution is -2.44. The Balaban J connectivity index is 2.17. The molecule has 0 aromatic heterocycles. The van der Waals surface area contributed by atoms with Crippen LogP contribution in [0.25, 0.3) is 0 Å². The fourth-order valence-corrected chi connectivity index (χ4v) is 2.09. The summed E-state index contributed by atoms with van der Waals surface area (Å²) in [6, 6.07) is 7.82. The molecular formula is C13H17N3O2. The van der Waals surface area contributed by atoms with E-state index in [0.717, 1.165) is 17.8 Å². The van der Waals surface area contributed by atoms with Gasteiger partial charge in [-0.15, -0.1) is 0 Å². The highest BCUT2D eigenvalue weighted by Crippen LogP contribution is 2.23. The number of rotatable bonds is 3. The second kappa shape index (κ2) is 5.71. The Morgan fingerprint density at radius 1 is 1.56 bits per heavy atom. The van der Waals surface area contributed by atoms with Crippen molar-refractivity contribution in [3.05, 3.63) is 23.8 Å². The third-order valence-electron chi connectivity index (χ3n) is 3.10. The van der Waals surface area contributed by atoms with Crippen LogP contribution < -0.4 is 10.6 Å². The largest absolute Gasteiger partial charge is 0.398 e. The second-order valence-electron chi connectivity index (χ2n) is 4.34. The molecule has 0 saturated carbocycles. The first-order valence-electron chi connectivity index (χ1n) is 5.97. The van der Waals surface area contributed by atoms with Gasteiger partial charge in [0, 0.05) is 24.5 Å². The van der Waals surface area contributed by atoms with Crippen LogP contribution in [0.4, 0.5) is 11.4 Å². The summed E-state index contributed by atoms with van der Waals surface area (Å²) >= 11 is 0. The van der Waals surface area contributed by atoms with E-state index < -0.39 is 0 Å². The number of aliphatic hydroxyl groups is 1. The van der Waals surface area contributed by atoms with E-state index in [9.17, 15) is 0 Å². The number of hydrogen-bond donors (Lipinski definition) is 2. The minimum Gasteiger partial charge on any atom is -0.398 e. The minimum absolute atomic E-state index is 0.0243. The number of ether oxygens (including phenoxy) is 1. The van der Waals surface area contributed by atoms with Crippen LogP contribution >= 0.6 is 0 Å². The van der Waals surface area contributed by atoms with Crippen molar-refractivity contribution in [1.82, 2.24) is 0 Å². The summed E-state index contributed by atoms with van der Waals surface area (Å²) in [4.78, 5) is 2.14. The van der Waals surface area contributed by atoms with Gasteiger partial charge in [0.2, 0.25) is 0 Å². The van der Waals surface area contributed by atoms with Crippen LogP contribution in [0.2, 0.25) is 0 Å². The van der Waals surface area contributed by atoms with E-state index in [0.29, 0.717) is 25.3 Å². The molecule has 0 bridgehead atoms. The Kier molecular flexibility index (Phi) is 4.03. The molecule has 18 heavy (non-hydrogen) atoms. The van der Waals surface area contributed by atoms with Crippen molar-refractivity contribution < 1.29 is 9.84 Å². The fourth-order valence-electron chi connectivity index (χ4n) is 2.09. The summed E-state index contributed by atoms with van der Waals surface area (Å²) in [5.41, 5.74) is 8.34. The summed E-state index contributed by atoms with van der Waals surface area (Å²) in [7, 11) is 0. The molecule has 5 nitrogen and oxygen atoms in total. The van der Waals surface area contributed by atoms with E-state index in [2.05, 4.69) is 11.0 Å². The molecular weight excluding hydrogens is 230 g/mol. The molecule has 0 amide bonds. The second-order valence-corrected chi connectivity index (χ2v) is 4.34. The molecule has 1 saturated heterocycles. The van der Waals surface area contributed by atoms with Gasteiger partial charge in [-0.05, 0) is 23.8 Å². The van der Waals surface area contributed by atoms with E-state index in [1.54, 1.807) is 0 Å². The van der Waals surface area contributed by atoms with Crippen LogP contribution in [0.3, 0.4) is 0 Å². The van der Waals surface area contributed by atoms with Crippen LogP contribution in [-0.2, 0) is 11.2 Å². The molecule has 1 fully saturated rings. The maximum atomic E-state index is 9.12. The highest BCUT2D eigenvalue weighted by molar-refractivity contribution is 5.59. The highest BCUT2D eigenvalue weighted by Gasteiger charge is 2.20. The molecule has 1 aromatic carbocycles. The van der Waals surface area contributed by atoms with Crippen molar-refractivity contribution in [2.75, 3.05) is 36.9 Å². The molecule has 1 aliphatic heterocycles. The summed E-state index contributed by atoms with van der Waals surface area (Å²) in [6.07, 6.45) is 0.170. The number of hydrogen-bond acceptors (Lipinski definition) is 5. The van der Waals surface area contributed by atoms with Crippen LogP contribution in [0.15, 0.2) is 18.2 Å². The van der Waals surface area contributed by atoms with E-state index in [-0.39, 0.29) is 12.7 Å². The molecule has 1 aromatic rings. The topological polar surface area (TPSA) is 82.5 Å². The van der Waals surface area contributed by atoms with Gasteiger partial charge in [0.15, 0.2) is 0 Å². The molecule has 1 unspecified atom stereocenters. The number of morpholine rings is 1. The third-order valence-corrected chi connectivity index (χ3v) is 3.10. The number of benzene rings is 1. The lowest BCUT2D eigenvalue weighted by atomic mass is 10.1. The average Bonchev–Trinajstić information content (AvgIpc) is 2.41. The van der Waals surface area contributed by atoms with Crippen LogP contribution in [-0.4, -0.2) is 37.5 Å². The molecule has 2 rings (SSSR count). The van der Waals surface area contributed by atoms with Crippen LogP contribution in [0.1, 0.15) is 5.56 Å². The number of nitrogen functional groups attached to an aromatic ring is 1. The molecule has 0 radical (unpaired) electrons. The molecule has 1 aliphatic rings. The molecule has 0 aliphatic carbocycles. The van der Waals surface area contributed by atoms with Crippen molar-refractivity contribution >= 4 is 11.4 Å². The molecule has 96 valence electrons. The number of nitriles is 1. The first-order valence-corrected chi connectivity index (χ1v) is 5.97. The zero-order valence-electron chi connectivity index (χ0n) is 10.2. The van der Waals surface area contributed by atoms with Gasteiger partial charge in [0.1, 0.15) is 0 Å². The Hall–Kier alpha value is -1.77. The Labute approximate surface area is 106 Å². The summed E-state index contributed by atoms with van der Waals surface area (Å²) < 4.78 is 5.41. The Morgan fingerprint density at radius 2 is 2.39 bits per heavy atom. The normalized spacial score (nSPS) is 19.6. The van der Waals surface area contributed by atoms with Gasteiger partial charge in [-0.3, -0.25) is 0 Å². The monoisotopic (exact) mass is 247 g/mol. The van der Waals surface area contributed by atoms with Crippen LogP contribution in [0.5, 0.6) is 0 Å². The Morgan fingerprint density at radius 3 is 3.11 bits per heavy atom. The fraction of sp³-hybridized carbons (Fsp3) is 0.462. The molecule has 3 N–H and O–H groups in total. The van der Waals surface area contributed by atoms with Gasteiger partial charge in [-0.25, -0.2) is 0 Å². The maximum Gasteiger partial charge on any atom is 0.0980 e. The molecule has 0 spiro atoms. The van der Waals surface area contributed by atoms with Gasteiger partial charge in [0.25, 0.3) is 0 Å². The smallest absolute Gasteiger partial charge is 0.0980 e. The van der Waals surface area contributed by atoms with Gasteiger partial charge < -0.3 is 20.5 Å². The zero-order chi connectivity index (χ0) is 13.0. The van der Waals surface area contributed by atoms with Gasteiger partial charge in [-0.2, -0.15) is 5.26 Å². The van der Waals surface area contributed by atoms with Gasteiger partial charge >= 0.3 is 0 Å². The van der Waals surface area contributed by atoms with Gasteiger partial charge in [-0.1, -0.05) is 0 Å². The molecule has 5 heteroatoms. The quantitative estimate of drug-likeness (QED) is 0.761. The predicted octanol–water partition coefficient (Wildman–Crippen LogP) is 0.532. The zero-order valence-corrected chi connectivity index (χ0v) is 10.2. The van der Waals surface area contributed by atoms with Crippen molar-refractivity contribution in [2.24, 2.45) is 0 Å². The highest BCUT2D eigenvalue weighted by atomic mass is 16.5. The number of nitrogens with zero attached hydrogens (tertiary/aromatic N) is 2. The third kappa shape index (κ3) is 2.73. The minimum atomic E-state index is -0.143. The number of nitrogens with two attached hydrogens (primary N) is 1. The number of anilines is 2. The SMILES string of the molecule is N#CCc1cc(N2CCOC(CO)C2)ccc1N. The van der Waals surface area contributed by atoms with Crippen molar-refractivity contribution in [3.63, 3.8) is 0 Å². The summed E-state index contributed by atoms with van der Waals surface area (Å²) in [5, 5.41) is 17.9. The first-order chi connectivity index (χ1) is 8.74. The Bertz CT molecular complexity index is 456. The first kappa shape index (κ1) is 12.7. The summed E-state index contributed by atoms with van der Waals surface area (Å²) in [6.45, 7) is 2.07. The van der Waals surface area contributed by atoms with E-state index >= 15 is 0 Å². The lowest BCUT2D eigenvalue weighted by molar-refractivity contribution is 0.00357. The average molecular weight is 247 g/mol. The van der Waals surface area contributed by atoms with E-state index in [1.807, 2.05) is 18.2 Å². The predicted molar refractivity (Wildman–Crippen MR) is 69.2 cm³/mol. The lowest BCUT2D eigenvalue weighted by Gasteiger charge is -2.34. The molecule has 1 atom stereocenters. The van der Waals surface area contributed by atoms with Crippen LogP contribution in [0, 0.1) is 11.3 Å². The maximum absolute atomic E-state index is 9.12.